The van der Waals surface area contributed by atoms with E-state index in [2.05, 4.69) is 4.90 Å². The van der Waals surface area contributed by atoms with Gasteiger partial charge >= 0.3 is 0 Å². The first-order valence-corrected chi connectivity index (χ1v) is 12.5. The molecule has 6 nitrogen and oxygen atoms in total. The van der Waals surface area contributed by atoms with Gasteiger partial charge in [0, 0.05) is 28.6 Å². The molecule has 1 aliphatic rings. The predicted octanol–water partition coefficient (Wildman–Crippen LogP) is 5.87. The number of methoxy groups -OCH3 is 1. The highest BCUT2D eigenvalue weighted by molar-refractivity contribution is 5.92. The smallest absolute Gasteiger partial charge is 0.150 e. The molecule has 6 heteroatoms. The molecule has 0 amide bonds. The molecule has 2 heterocycles. The van der Waals surface area contributed by atoms with Gasteiger partial charge in [-0.2, -0.15) is 0 Å². The Labute approximate surface area is 211 Å². The van der Waals surface area contributed by atoms with Gasteiger partial charge in [-0.15, -0.1) is 0 Å². The van der Waals surface area contributed by atoms with Crippen molar-refractivity contribution in [2.75, 3.05) is 33.4 Å². The molecule has 1 aliphatic heterocycles. The second kappa shape index (κ2) is 11.0. The highest BCUT2D eigenvalue weighted by Crippen LogP contribution is 2.40. The van der Waals surface area contributed by atoms with E-state index in [1.807, 2.05) is 54.6 Å². The Bertz CT molecular complexity index is 1300. The zero-order valence-corrected chi connectivity index (χ0v) is 20.5. The van der Waals surface area contributed by atoms with Crippen LogP contribution in [0.4, 0.5) is 0 Å². The van der Waals surface area contributed by atoms with Gasteiger partial charge in [0.1, 0.15) is 41.8 Å². The summed E-state index contributed by atoms with van der Waals surface area (Å²) in [5.41, 5.74) is 3.27. The van der Waals surface area contributed by atoms with Crippen LogP contribution < -0.4 is 9.47 Å². The Morgan fingerprint density at radius 2 is 1.69 bits per heavy atom. The van der Waals surface area contributed by atoms with Crippen LogP contribution in [0.2, 0.25) is 0 Å². The van der Waals surface area contributed by atoms with Crippen LogP contribution in [0.25, 0.3) is 22.3 Å². The van der Waals surface area contributed by atoms with Crippen molar-refractivity contribution in [3.05, 3.63) is 83.4 Å². The fraction of sp³-hybridized carbons (Fsp3) is 0.300. The first kappa shape index (κ1) is 24.1. The standard InChI is InChI=1S/C30H31NO5/c1-34-24-10-8-23(9-11-24)30-28(26-14-5-21(20-32)19-27(26)36-30)29(33)22-6-12-25(13-7-22)35-18-17-31-15-3-2-4-16-31/h5-14,19-20,29,33H,2-4,15-18H2,1H3. The van der Waals surface area contributed by atoms with Crippen molar-refractivity contribution >= 4 is 17.3 Å². The number of hydrogen-bond acceptors (Lipinski definition) is 6. The quantitative estimate of drug-likeness (QED) is 0.299. The number of hydrogen-bond donors (Lipinski definition) is 1. The molecule has 0 aliphatic carbocycles. The number of aliphatic hydroxyl groups is 1. The van der Waals surface area contributed by atoms with Crippen LogP contribution >= 0.6 is 0 Å². The number of aldehydes is 1. The normalized spacial score (nSPS) is 15.1. The number of rotatable bonds is 9. The number of fused-ring (bicyclic) bond motifs is 1. The van der Waals surface area contributed by atoms with Gasteiger partial charge in [-0.25, -0.2) is 0 Å². The molecule has 0 radical (unpaired) electrons. The fourth-order valence-electron chi connectivity index (χ4n) is 4.82. The van der Waals surface area contributed by atoms with Crippen molar-refractivity contribution in [1.82, 2.24) is 4.90 Å². The molecule has 0 bridgehead atoms. The molecule has 1 saturated heterocycles. The van der Waals surface area contributed by atoms with Crippen molar-refractivity contribution in [2.45, 2.75) is 25.4 Å². The Balaban J connectivity index is 1.40. The number of nitrogens with zero attached hydrogens (tertiary/aromatic N) is 1. The average Bonchev–Trinajstić information content (AvgIpc) is 3.32. The van der Waals surface area contributed by atoms with Gasteiger partial charge in [-0.05, 0) is 80.0 Å². The molecule has 3 aromatic carbocycles. The summed E-state index contributed by atoms with van der Waals surface area (Å²) in [5.74, 6) is 2.08. The van der Waals surface area contributed by atoms with E-state index in [1.54, 1.807) is 19.2 Å². The van der Waals surface area contributed by atoms with Crippen molar-refractivity contribution in [2.24, 2.45) is 0 Å². The summed E-state index contributed by atoms with van der Waals surface area (Å²) in [4.78, 5) is 13.8. The largest absolute Gasteiger partial charge is 0.497 e. The molecule has 4 aromatic rings. The maximum absolute atomic E-state index is 11.5. The summed E-state index contributed by atoms with van der Waals surface area (Å²) >= 11 is 0. The Hall–Kier alpha value is -3.61. The topological polar surface area (TPSA) is 72.1 Å². The maximum atomic E-state index is 11.5. The van der Waals surface area contributed by atoms with E-state index in [9.17, 15) is 9.90 Å². The first-order valence-electron chi connectivity index (χ1n) is 12.5. The lowest BCUT2D eigenvalue weighted by Gasteiger charge is -2.26. The van der Waals surface area contributed by atoms with Crippen molar-refractivity contribution in [3.63, 3.8) is 0 Å². The van der Waals surface area contributed by atoms with E-state index >= 15 is 0 Å². The lowest BCUT2D eigenvalue weighted by Crippen LogP contribution is -2.33. The fourth-order valence-corrected chi connectivity index (χ4v) is 4.82. The van der Waals surface area contributed by atoms with Crippen LogP contribution in [0.3, 0.4) is 0 Å². The third-order valence-corrected chi connectivity index (χ3v) is 6.83. The first-order chi connectivity index (χ1) is 17.7. The molecule has 0 saturated carbocycles. The molecule has 1 N–H and O–H groups in total. The van der Waals surface area contributed by atoms with Crippen molar-refractivity contribution in [3.8, 4) is 22.8 Å². The highest BCUT2D eigenvalue weighted by atomic mass is 16.5. The predicted molar refractivity (Wildman–Crippen MR) is 140 cm³/mol. The lowest BCUT2D eigenvalue weighted by atomic mass is 9.95. The van der Waals surface area contributed by atoms with Crippen LogP contribution in [0.15, 0.2) is 71.1 Å². The number of benzene rings is 3. The van der Waals surface area contributed by atoms with Crippen LogP contribution in [0.1, 0.15) is 46.9 Å². The number of aliphatic hydroxyl groups excluding tert-OH is 1. The SMILES string of the molecule is COc1ccc(-c2oc3cc(C=O)ccc3c2C(O)c2ccc(OCCN3CCCCC3)cc2)cc1. The molecule has 186 valence electrons. The summed E-state index contributed by atoms with van der Waals surface area (Å²) < 4.78 is 17.4. The molecular formula is C30H31NO5. The van der Waals surface area contributed by atoms with E-state index in [0.29, 0.717) is 29.1 Å². The van der Waals surface area contributed by atoms with Crippen LogP contribution in [0.5, 0.6) is 11.5 Å². The van der Waals surface area contributed by atoms with Crippen molar-refractivity contribution in [1.29, 1.82) is 0 Å². The average molecular weight is 486 g/mol. The zero-order valence-electron chi connectivity index (χ0n) is 20.5. The minimum absolute atomic E-state index is 0.518. The van der Waals surface area contributed by atoms with E-state index in [1.165, 1.54) is 19.3 Å². The summed E-state index contributed by atoms with van der Waals surface area (Å²) in [6, 6.07) is 20.3. The van der Waals surface area contributed by atoms with E-state index in [-0.39, 0.29) is 0 Å². The van der Waals surface area contributed by atoms with Gasteiger partial charge < -0.3 is 19.0 Å². The number of furan rings is 1. The Morgan fingerprint density at radius 3 is 2.39 bits per heavy atom. The summed E-state index contributed by atoms with van der Waals surface area (Å²) in [6.45, 7) is 3.88. The zero-order chi connectivity index (χ0) is 24.9. The highest BCUT2D eigenvalue weighted by Gasteiger charge is 2.24. The van der Waals surface area contributed by atoms with E-state index < -0.39 is 6.10 Å². The van der Waals surface area contributed by atoms with Gasteiger partial charge in [0.05, 0.1) is 7.11 Å². The van der Waals surface area contributed by atoms with Gasteiger partial charge in [0.15, 0.2) is 0 Å². The molecule has 36 heavy (non-hydrogen) atoms. The molecule has 0 spiro atoms. The summed E-state index contributed by atoms with van der Waals surface area (Å²) in [7, 11) is 1.62. The minimum Gasteiger partial charge on any atom is -0.497 e. The second-order valence-electron chi connectivity index (χ2n) is 9.17. The van der Waals surface area contributed by atoms with Gasteiger partial charge in [0.25, 0.3) is 0 Å². The third-order valence-electron chi connectivity index (χ3n) is 6.83. The molecule has 5 rings (SSSR count). The summed E-state index contributed by atoms with van der Waals surface area (Å²) in [6.07, 6.45) is 3.72. The van der Waals surface area contributed by atoms with Crippen LogP contribution in [-0.2, 0) is 0 Å². The third kappa shape index (κ3) is 5.15. The number of carbonyl (C=O) groups is 1. The van der Waals surface area contributed by atoms with Gasteiger partial charge in [-0.3, -0.25) is 9.69 Å². The van der Waals surface area contributed by atoms with E-state index in [0.717, 1.165) is 53.9 Å². The number of piperidine rings is 1. The Kier molecular flexibility index (Phi) is 7.35. The van der Waals surface area contributed by atoms with Crippen LogP contribution in [0, 0.1) is 0 Å². The van der Waals surface area contributed by atoms with Crippen LogP contribution in [-0.4, -0.2) is 49.6 Å². The minimum atomic E-state index is -0.923. The molecule has 1 fully saturated rings. The number of ether oxygens (including phenoxy) is 2. The van der Waals surface area contributed by atoms with Gasteiger partial charge in [0.2, 0.25) is 0 Å². The summed E-state index contributed by atoms with van der Waals surface area (Å²) in [5, 5.41) is 12.2. The number of likely N-dealkylation sites (tertiary alicyclic amines) is 1. The van der Waals surface area contributed by atoms with Crippen molar-refractivity contribution < 1.29 is 23.8 Å². The van der Waals surface area contributed by atoms with E-state index in [4.69, 9.17) is 13.9 Å². The lowest BCUT2D eigenvalue weighted by molar-refractivity contribution is 0.112. The van der Waals surface area contributed by atoms with Gasteiger partial charge in [-0.1, -0.05) is 24.6 Å². The molecule has 1 atom stereocenters. The monoisotopic (exact) mass is 485 g/mol. The Morgan fingerprint density at radius 1 is 0.972 bits per heavy atom. The molecule has 1 unspecified atom stereocenters. The second-order valence-corrected chi connectivity index (χ2v) is 9.17. The molecular weight excluding hydrogens is 454 g/mol. The number of carbonyl (C=O) groups excluding carboxylic acids is 1. The molecule has 1 aromatic heterocycles. The maximum Gasteiger partial charge on any atom is 0.150 e.